The predicted molar refractivity (Wildman–Crippen MR) is 60.7 cm³/mol. The number of nitrogens with zero attached hydrogens (tertiary/aromatic N) is 4. The van der Waals surface area contributed by atoms with Gasteiger partial charge in [0.05, 0.1) is 13.2 Å². The minimum Gasteiger partial charge on any atom is -0.461 e. The second-order valence-corrected chi connectivity index (χ2v) is 3.55. The smallest absolute Gasteiger partial charge is 0.360 e. The predicted octanol–water partition coefficient (Wildman–Crippen LogP) is 0.382. The molecule has 0 atom stereocenters. The van der Waals surface area contributed by atoms with E-state index in [4.69, 9.17) is 10.5 Å². The molecule has 0 aromatic carbocycles. The molecule has 0 bridgehead atoms. The van der Waals surface area contributed by atoms with Crippen molar-refractivity contribution in [1.82, 2.24) is 19.7 Å². The summed E-state index contributed by atoms with van der Waals surface area (Å²) in [5.74, 6) is 0.735. The van der Waals surface area contributed by atoms with E-state index in [1.165, 1.54) is 6.39 Å². The van der Waals surface area contributed by atoms with E-state index in [9.17, 15) is 4.79 Å². The van der Waals surface area contributed by atoms with Crippen LogP contribution in [-0.4, -0.2) is 32.3 Å². The Morgan fingerprint density at radius 3 is 3.00 bits per heavy atom. The third-order valence-electron chi connectivity index (χ3n) is 2.37. The van der Waals surface area contributed by atoms with Gasteiger partial charge in [-0.05, 0) is 13.8 Å². The average molecular weight is 251 g/mol. The first-order valence-electron chi connectivity index (χ1n) is 5.38. The first kappa shape index (κ1) is 12.1. The molecule has 18 heavy (non-hydrogen) atoms. The number of imidazole rings is 1. The number of nitrogen functional groups attached to an aromatic ring is 1. The number of hydrogen-bond donors (Lipinski definition) is 1. The third kappa shape index (κ3) is 2.17. The standard InChI is InChI=1S/C10H13N5O3/c1-3-17-10(16)8-9(11)15(6(2)13-8)4-7-12-5-18-14-7/h5H,3-4,11H2,1-2H3. The third-order valence-corrected chi connectivity index (χ3v) is 2.37. The molecule has 8 nitrogen and oxygen atoms in total. The van der Waals surface area contributed by atoms with Gasteiger partial charge in [0.1, 0.15) is 11.6 Å². The molecule has 2 rings (SSSR count). The van der Waals surface area contributed by atoms with Crippen molar-refractivity contribution in [2.24, 2.45) is 0 Å². The van der Waals surface area contributed by atoms with Crippen LogP contribution in [-0.2, 0) is 11.3 Å². The maximum absolute atomic E-state index is 11.6. The van der Waals surface area contributed by atoms with E-state index in [0.717, 1.165) is 0 Å². The molecule has 8 heteroatoms. The Morgan fingerprint density at radius 1 is 1.61 bits per heavy atom. The van der Waals surface area contributed by atoms with Gasteiger partial charge in [0, 0.05) is 0 Å². The fourth-order valence-electron chi connectivity index (χ4n) is 1.53. The second kappa shape index (κ2) is 4.86. The minimum atomic E-state index is -0.537. The Bertz CT molecular complexity index is 546. The highest BCUT2D eigenvalue weighted by Gasteiger charge is 2.20. The zero-order valence-corrected chi connectivity index (χ0v) is 10.1. The van der Waals surface area contributed by atoms with E-state index in [2.05, 4.69) is 19.6 Å². The number of hydrogen-bond acceptors (Lipinski definition) is 7. The van der Waals surface area contributed by atoms with Crippen molar-refractivity contribution in [3.05, 3.63) is 23.7 Å². The van der Waals surface area contributed by atoms with Gasteiger partial charge in [-0.1, -0.05) is 5.16 Å². The maximum Gasteiger partial charge on any atom is 0.360 e. The van der Waals surface area contributed by atoms with Crippen molar-refractivity contribution < 1.29 is 14.1 Å². The highest BCUT2D eigenvalue weighted by atomic mass is 16.5. The van der Waals surface area contributed by atoms with Crippen LogP contribution in [0.25, 0.3) is 0 Å². The lowest BCUT2D eigenvalue weighted by atomic mass is 10.4. The molecule has 2 aromatic rings. The van der Waals surface area contributed by atoms with Crippen LogP contribution >= 0.6 is 0 Å². The van der Waals surface area contributed by atoms with Crippen molar-refractivity contribution >= 4 is 11.8 Å². The van der Waals surface area contributed by atoms with Gasteiger partial charge in [-0.2, -0.15) is 4.98 Å². The van der Waals surface area contributed by atoms with Crippen LogP contribution in [0.3, 0.4) is 0 Å². The monoisotopic (exact) mass is 251 g/mol. The molecule has 0 saturated heterocycles. The summed E-state index contributed by atoms with van der Waals surface area (Å²) in [6, 6.07) is 0. The fourth-order valence-corrected chi connectivity index (χ4v) is 1.53. The lowest BCUT2D eigenvalue weighted by Crippen LogP contribution is -2.11. The van der Waals surface area contributed by atoms with E-state index in [1.807, 2.05) is 0 Å². The summed E-state index contributed by atoms with van der Waals surface area (Å²) in [6.45, 7) is 4.02. The largest absolute Gasteiger partial charge is 0.461 e. The molecular weight excluding hydrogens is 238 g/mol. The maximum atomic E-state index is 11.6. The summed E-state index contributed by atoms with van der Waals surface area (Å²) in [7, 11) is 0. The van der Waals surface area contributed by atoms with Gasteiger partial charge in [-0.25, -0.2) is 9.78 Å². The quantitative estimate of drug-likeness (QED) is 0.782. The molecule has 0 aliphatic carbocycles. The topological polar surface area (TPSA) is 109 Å². The van der Waals surface area contributed by atoms with Crippen molar-refractivity contribution in [1.29, 1.82) is 0 Å². The van der Waals surface area contributed by atoms with Crippen LogP contribution in [0.2, 0.25) is 0 Å². The van der Waals surface area contributed by atoms with Gasteiger partial charge in [-0.15, -0.1) is 0 Å². The number of nitrogens with two attached hydrogens (primary N) is 1. The number of aromatic nitrogens is 4. The Morgan fingerprint density at radius 2 is 2.39 bits per heavy atom. The summed E-state index contributed by atoms with van der Waals surface area (Å²) in [4.78, 5) is 19.6. The normalized spacial score (nSPS) is 10.6. The summed E-state index contributed by atoms with van der Waals surface area (Å²) in [5, 5.41) is 3.68. The lowest BCUT2D eigenvalue weighted by Gasteiger charge is -2.04. The van der Waals surface area contributed by atoms with Crippen LogP contribution < -0.4 is 5.73 Å². The van der Waals surface area contributed by atoms with Crippen molar-refractivity contribution in [2.75, 3.05) is 12.3 Å². The van der Waals surface area contributed by atoms with Gasteiger partial charge >= 0.3 is 5.97 Å². The molecule has 2 aromatic heterocycles. The molecule has 2 heterocycles. The Labute approximate surface area is 103 Å². The molecule has 96 valence electrons. The molecule has 0 spiro atoms. The molecular formula is C10H13N5O3. The highest BCUT2D eigenvalue weighted by molar-refractivity contribution is 5.92. The van der Waals surface area contributed by atoms with Crippen LogP contribution in [0.5, 0.6) is 0 Å². The van der Waals surface area contributed by atoms with Crippen molar-refractivity contribution in [3.63, 3.8) is 0 Å². The minimum absolute atomic E-state index is 0.109. The molecule has 0 fully saturated rings. The van der Waals surface area contributed by atoms with E-state index in [-0.39, 0.29) is 18.1 Å². The summed E-state index contributed by atoms with van der Waals surface area (Å²) in [6.07, 6.45) is 1.23. The Balaban J connectivity index is 2.29. The van der Waals surface area contributed by atoms with E-state index >= 15 is 0 Å². The van der Waals surface area contributed by atoms with Gasteiger partial charge in [0.15, 0.2) is 11.5 Å². The van der Waals surface area contributed by atoms with Crippen molar-refractivity contribution in [3.8, 4) is 0 Å². The summed E-state index contributed by atoms with van der Waals surface area (Å²) in [5.41, 5.74) is 5.97. The number of anilines is 1. The second-order valence-electron chi connectivity index (χ2n) is 3.55. The SMILES string of the molecule is CCOC(=O)c1nc(C)n(Cc2ncon2)c1N. The molecule has 0 amide bonds. The van der Waals surface area contributed by atoms with Crippen molar-refractivity contribution in [2.45, 2.75) is 20.4 Å². The Hall–Kier alpha value is -2.38. The van der Waals surface area contributed by atoms with E-state index < -0.39 is 5.97 Å². The molecule has 0 aliphatic heterocycles. The van der Waals surface area contributed by atoms with Crippen LogP contribution in [0.1, 0.15) is 29.1 Å². The van der Waals surface area contributed by atoms with Gasteiger partial charge < -0.3 is 19.6 Å². The lowest BCUT2D eigenvalue weighted by molar-refractivity contribution is 0.0521. The number of carbonyl (C=O) groups excluding carboxylic acids is 1. The fraction of sp³-hybridized carbons (Fsp3) is 0.400. The van der Waals surface area contributed by atoms with E-state index in [1.54, 1.807) is 18.4 Å². The number of rotatable bonds is 4. The van der Waals surface area contributed by atoms with Crippen LogP contribution in [0.15, 0.2) is 10.9 Å². The number of aryl methyl sites for hydroxylation is 1. The Kier molecular flexibility index (Phi) is 3.26. The van der Waals surface area contributed by atoms with E-state index in [0.29, 0.717) is 18.2 Å². The molecule has 2 N–H and O–H groups in total. The zero-order valence-electron chi connectivity index (χ0n) is 10.1. The van der Waals surface area contributed by atoms with Gasteiger partial charge in [0.2, 0.25) is 6.39 Å². The number of esters is 1. The van der Waals surface area contributed by atoms with Crippen LogP contribution in [0, 0.1) is 6.92 Å². The van der Waals surface area contributed by atoms with Gasteiger partial charge in [0.25, 0.3) is 0 Å². The molecule has 0 aliphatic rings. The first-order chi connectivity index (χ1) is 8.63. The summed E-state index contributed by atoms with van der Waals surface area (Å²) < 4.78 is 11.1. The van der Waals surface area contributed by atoms with Crippen LogP contribution in [0.4, 0.5) is 5.82 Å². The number of carbonyl (C=O) groups is 1. The molecule has 0 saturated carbocycles. The number of ether oxygens (including phenoxy) is 1. The zero-order chi connectivity index (χ0) is 13.1. The average Bonchev–Trinajstić information content (AvgIpc) is 2.93. The highest BCUT2D eigenvalue weighted by Crippen LogP contribution is 2.16. The molecule has 0 radical (unpaired) electrons. The first-order valence-corrected chi connectivity index (χ1v) is 5.38. The van der Waals surface area contributed by atoms with Gasteiger partial charge in [-0.3, -0.25) is 0 Å². The summed E-state index contributed by atoms with van der Waals surface area (Å²) >= 11 is 0. The molecule has 0 unspecified atom stereocenters.